The summed E-state index contributed by atoms with van der Waals surface area (Å²) in [4.78, 5) is 52.1. The summed E-state index contributed by atoms with van der Waals surface area (Å²) in [7, 11) is 0. The van der Waals surface area contributed by atoms with Gasteiger partial charge in [-0.2, -0.15) is 15.0 Å². The first-order valence-electron chi connectivity index (χ1n) is 16.5. The van der Waals surface area contributed by atoms with E-state index in [-0.39, 0.29) is 40.7 Å². The predicted octanol–water partition coefficient (Wildman–Crippen LogP) is 1.76. The largest absolute Gasteiger partial charge is 0.465 e. The molecule has 0 bridgehead atoms. The van der Waals surface area contributed by atoms with Gasteiger partial charge in [-0.1, -0.05) is 11.6 Å². The molecule has 2 aliphatic rings. The molecule has 2 saturated heterocycles. The molecule has 0 atom stereocenters. The van der Waals surface area contributed by atoms with E-state index < -0.39 is 0 Å². The number of rotatable bonds is 12. The van der Waals surface area contributed by atoms with E-state index in [2.05, 4.69) is 45.0 Å². The summed E-state index contributed by atoms with van der Waals surface area (Å²) in [6, 6.07) is 0. The first-order valence-corrected chi connectivity index (χ1v) is 17.6. The molecule has 6 heterocycles. The van der Waals surface area contributed by atoms with Crippen LogP contribution in [-0.4, -0.2) is 153 Å². The minimum atomic E-state index is -0.377. The average molecular weight is 774 g/mol. The zero-order valence-corrected chi connectivity index (χ0v) is 30.9. The predicted molar refractivity (Wildman–Crippen MR) is 191 cm³/mol. The summed E-state index contributed by atoms with van der Waals surface area (Å²) in [5.41, 5.74) is 7.27. The summed E-state index contributed by atoms with van der Waals surface area (Å²) in [5, 5.41) is 3.52. The van der Waals surface area contributed by atoms with Crippen molar-refractivity contribution in [2.45, 2.75) is 26.9 Å². The lowest BCUT2D eigenvalue weighted by atomic mass is 10.4. The average Bonchev–Trinajstić information content (AvgIpc) is 3.70. The maximum atomic E-state index is 11.7. The molecule has 4 aromatic rings. The molecule has 3 N–H and O–H groups in total. The second kappa shape index (κ2) is 21.1. The van der Waals surface area contributed by atoms with E-state index in [9.17, 15) is 9.59 Å². The Morgan fingerprint density at radius 2 is 1.25 bits per heavy atom. The number of hydrogen-bond acceptors (Lipinski definition) is 16. The molecule has 0 radical (unpaired) electrons. The van der Waals surface area contributed by atoms with Crippen LogP contribution >= 0.6 is 34.8 Å². The normalized spacial score (nSPS) is 15.1. The maximum absolute atomic E-state index is 11.7. The van der Waals surface area contributed by atoms with E-state index in [1.807, 2.05) is 0 Å². The van der Waals surface area contributed by atoms with Crippen molar-refractivity contribution in [1.82, 2.24) is 48.8 Å². The number of ether oxygens (including phenoxy) is 4. The highest BCUT2D eigenvalue weighted by molar-refractivity contribution is 6.35. The minimum absolute atomic E-state index is 0.00751. The number of imidazole rings is 2. The molecular weight excluding hydrogens is 731 g/mol. The second-order valence-electron chi connectivity index (χ2n) is 10.9. The van der Waals surface area contributed by atoms with Gasteiger partial charge in [-0.3, -0.25) is 19.4 Å². The third kappa shape index (κ3) is 12.6. The number of aromatic nitrogens is 8. The molecule has 18 nitrogen and oxygen atoms in total. The molecule has 280 valence electrons. The van der Waals surface area contributed by atoms with Crippen LogP contribution in [0, 0.1) is 0 Å². The fourth-order valence-corrected chi connectivity index (χ4v) is 5.60. The van der Waals surface area contributed by atoms with Gasteiger partial charge in [-0.25, -0.2) is 15.0 Å². The number of anilines is 1. The van der Waals surface area contributed by atoms with Crippen LogP contribution in [0.5, 0.6) is 0 Å². The van der Waals surface area contributed by atoms with Crippen molar-refractivity contribution in [3.05, 3.63) is 28.4 Å². The van der Waals surface area contributed by atoms with Gasteiger partial charge in [-0.05, 0) is 37.0 Å². The highest BCUT2D eigenvalue weighted by Crippen LogP contribution is 2.22. The Morgan fingerprint density at radius 1 is 0.765 bits per heavy atom. The van der Waals surface area contributed by atoms with Crippen molar-refractivity contribution >= 4 is 74.9 Å². The molecule has 21 heteroatoms. The highest BCUT2D eigenvalue weighted by atomic mass is 35.5. The molecule has 4 aromatic heterocycles. The lowest BCUT2D eigenvalue weighted by Gasteiger charge is -2.26. The van der Waals surface area contributed by atoms with Gasteiger partial charge in [-0.15, -0.1) is 0 Å². The zero-order chi connectivity index (χ0) is 36.6. The zero-order valence-electron chi connectivity index (χ0n) is 28.6. The fourth-order valence-electron chi connectivity index (χ4n) is 5.01. The second-order valence-corrected chi connectivity index (χ2v) is 12.0. The van der Waals surface area contributed by atoms with Crippen LogP contribution in [0.25, 0.3) is 22.3 Å². The molecule has 0 unspecified atom stereocenters. The van der Waals surface area contributed by atoms with E-state index in [0.717, 1.165) is 72.2 Å². The van der Waals surface area contributed by atoms with Gasteiger partial charge < -0.3 is 39.1 Å². The third-order valence-corrected chi connectivity index (χ3v) is 8.01. The Labute approximate surface area is 309 Å². The van der Waals surface area contributed by atoms with Crippen LogP contribution in [0.4, 0.5) is 5.82 Å². The Morgan fingerprint density at radius 3 is 1.78 bits per heavy atom. The quantitative estimate of drug-likeness (QED) is 0.120. The van der Waals surface area contributed by atoms with Crippen LogP contribution in [0.15, 0.2) is 12.7 Å². The molecule has 0 aromatic carbocycles. The summed E-state index contributed by atoms with van der Waals surface area (Å²) in [5.74, 6) is -0.165. The van der Waals surface area contributed by atoms with E-state index in [0.29, 0.717) is 47.9 Å². The Bertz CT molecular complexity index is 1700. The van der Waals surface area contributed by atoms with Crippen molar-refractivity contribution in [2.24, 2.45) is 5.73 Å². The molecule has 0 spiro atoms. The standard InChI is InChI=1S/C15H21ClN6O3.C9H8Cl2N4O2.C6H14N2O/c1-2-25-11(23)9-22-10-18-12-13(19-15(16)20-14(12)22)17-3-4-21-5-7-24-8-6-21;1-2-17-5(16)3-15-4-12-6-7(10)13-9(11)14-8(6)15;7-1-2-8-3-5-9-6-4-8/h10H,2-9H2,1H3,(H,17,19,20);4H,2-3H2,1H3;1-7H2. The fraction of sp³-hybridized carbons (Fsp3) is 0.600. The minimum Gasteiger partial charge on any atom is -0.465 e. The molecule has 0 aliphatic carbocycles. The molecule has 2 aliphatic heterocycles. The van der Waals surface area contributed by atoms with Gasteiger partial charge in [0.1, 0.15) is 18.6 Å². The first kappa shape index (κ1) is 40.3. The lowest BCUT2D eigenvalue weighted by molar-refractivity contribution is -0.144. The SMILES string of the molecule is CCOC(=O)Cn1cnc2c(Cl)nc(Cl)nc21.CCOC(=O)Cn1cnc2c(NCCN3CCOCC3)nc(Cl)nc21.NCCN1CCOCC1. The van der Waals surface area contributed by atoms with Gasteiger partial charge in [0.25, 0.3) is 0 Å². The van der Waals surface area contributed by atoms with Crippen LogP contribution in [-0.2, 0) is 41.6 Å². The smallest absolute Gasteiger partial charge is 0.326 e. The first-order chi connectivity index (χ1) is 24.7. The number of nitrogens with two attached hydrogens (primary N) is 1. The Balaban J connectivity index is 0.000000192. The van der Waals surface area contributed by atoms with Crippen molar-refractivity contribution in [3.8, 4) is 0 Å². The summed E-state index contributed by atoms with van der Waals surface area (Å²) in [6.07, 6.45) is 2.98. The van der Waals surface area contributed by atoms with Crippen LogP contribution in [0.1, 0.15) is 13.8 Å². The van der Waals surface area contributed by atoms with E-state index in [4.69, 9.17) is 59.5 Å². The Kier molecular flexibility index (Phi) is 16.7. The number of esters is 2. The van der Waals surface area contributed by atoms with Gasteiger partial charge in [0.2, 0.25) is 10.6 Å². The van der Waals surface area contributed by atoms with Crippen molar-refractivity contribution < 1.29 is 28.5 Å². The van der Waals surface area contributed by atoms with Gasteiger partial charge in [0.15, 0.2) is 27.8 Å². The van der Waals surface area contributed by atoms with Gasteiger partial charge in [0.05, 0.1) is 52.3 Å². The molecule has 0 saturated carbocycles. The number of nitrogens with zero attached hydrogens (tertiary/aromatic N) is 10. The third-order valence-electron chi connectivity index (χ3n) is 7.41. The van der Waals surface area contributed by atoms with Gasteiger partial charge in [0, 0.05) is 52.4 Å². The maximum Gasteiger partial charge on any atom is 0.326 e. The topological polar surface area (TPSA) is 203 Å². The summed E-state index contributed by atoms with van der Waals surface area (Å²) < 4.78 is 23.4. The number of fused-ring (bicyclic) bond motifs is 2. The highest BCUT2D eigenvalue weighted by Gasteiger charge is 2.17. The lowest BCUT2D eigenvalue weighted by Crippen LogP contribution is -2.39. The van der Waals surface area contributed by atoms with Crippen LogP contribution < -0.4 is 11.1 Å². The van der Waals surface area contributed by atoms with Crippen molar-refractivity contribution in [2.75, 3.05) is 97.3 Å². The number of halogens is 3. The van der Waals surface area contributed by atoms with E-state index in [1.54, 1.807) is 24.7 Å². The van der Waals surface area contributed by atoms with E-state index >= 15 is 0 Å². The molecular formula is C30H43Cl3N12O6. The number of carbonyl (C=O) groups excluding carboxylic acids is 2. The number of hydrogen-bond donors (Lipinski definition) is 2. The van der Waals surface area contributed by atoms with Crippen molar-refractivity contribution in [3.63, 3.8) is 0 Å². The molecule has 2 fully saturated rings. The number of morpholine rings is 2. The molecule has 6 rings (SSSR count). The molecule has 0 amide bonds. The number of nitrogens with one attached hydrogen (secondary N) is 1. The van der Waals surface area contributed by atoms with E-state index in [1.165, 1.54) is 10.9 Å². The van der Waals surface area contributed by atoms with Crippen LogP contribution in [0.3, 0.4) is 0 Å². The summed E-state index contributed by atoms with van der Waals surface area (Å²) in [6.45, 7) is 14.8. The summed E-state index contributed by atoms with van der Waals surface area (Å²) >= 11 is 17.6. The van der Waals surface area contributed by atoms with Crippen molar-refractivity contribution in [1.29, 1.82) is 0 Å². The number of carbonyl (C=O) groups is 2. The van der Waals surface area contributed by atoms with Crippen LogP contribution in [0.2, 0.25) is 15.7 Å². The Hall–Kier alpha value is -3.49. The molecule has 51 heavy (non-hydrogen) atoms. The van der Waals surface area contributed by atoms with Gasteiger partial charge >= 0.3 is 11.9 Å². The monoisotopic (exact) mass is 772 g/mol.